The van der Waals surface area contributed by atoms with E-state index in [0.717, 1.165) is 25.3 Å². The molecule has 5 nitrogen and oxygen atoms in total. The lowest BCUT2D eigenvalue weighted by atomic mass is 10.3. The van der Waals surface area contributed by atoms with Crippen LogP contribution in [-0.4, -0.2) is 39.3 Å². The summed E-state index contributed by atoms with van der Waals surface area (Å²) < 4.78 is 1.99. The van der Waals surface area contributed by atoms with Gasteiger partial charge in [0.25, 0.3) is 0 Å². The molecule has 0 fully saturated rings. The average Bonchev–Trinajstić information content (AvgIpc) is 2.58. The van der Waals surface area contributed by atoms with Gasteiger partial charge in [-0.15, -0.1) is 0 Å². The molecule has 1 aromatic rings. The standard InChI is InChI=1S/C12H21N3O2/c1-4-15-11(8-10(2)13-15)9-14(3)7-5-6-12(16)17/h8H,4-7,9H2,1-3H3,(H,16,17). The third kappa shape index (κ3) is 4.56. The normalized spacial score (nSPS) is 11.1. The van der Waals surface area contributed by atoms with E-state index < -0.39 is 5.97 Å². The number of carboxylic acid groups (broad SMARTS) is 1. The Morgan fingerprint density at radius 1 is 1.59 bits per heavy atom. The Morgan fingerprint density at radius 2 is 2.29 bits per heavy atom. The van der Waals surface area contributed by atoms with Gasteiger partial charge in [-0.25, -0.2) is 0 Å². The molecule has 1 N–H and O–H groups in total. The number of aryl methyl sites for hydroxylation is 2. The third-order valence-corrected chi connectivity index (χ3v) is 2.65. The summed E-state index contributed by atoms with van der Waals surface area (Å²) in [6.07, 6.45) is 0.918. The highest BCUT2D eigenvalue weighted by Crippen LogP contribution is 2.07. The van der Waals surface area contributed by atoms with Gasteiger partial charge in [-0.3, -0.25) is 9.48 Å². The summed E-state index contributed by atoms with van der Waals surface area (Å²) in [4.78, 5) is 12.5. The van der Waals surface area contributed by atoms with E-state index in [9.17, 15) is 4.79 Å². The number of hydrogen-bond donors (Lipinski definition) is 1. The smallest absolute Gasteiger partial charge is 0.303 e. The SMILES string of the molecule is CCn1nc(C)cc1CN(C)CCCC(=O)O. The van der Waals surface area contributed by atoms with Crippen LogP contribution < -0.4 is 0 Å². The summed E-state index contributed by atoms with van der Waals surface area (Å²) in [7, 11) is 2.00. The van der Waals surface area contributed by atoms with Crippen molar-refractivity contribution in [2.75, 3.05) is 13.6 Å². The maximum Gasteiger partial charge on any atom is 0.303 e. The zero-order chi connectivity index (χ0) is 12.8. The Labute approximate surface area is 102 Å². The number of rotatable bonds is 7. The van der Waals surface area contributed by atoms with Gasteiger partial charge in [0.15, 0.2) is 0 Å². The Hall–Kier alpha value is -1.36. The topological polar surface area (TPSA) is 58.4 Å². The minimum absolute atomic E-state index is 0.233. The molecule has 0 radical (unpaired) electrons. The van der Waals surface area contributed by atoms with Gasteiger partial charge in [0.2, 0.25) is 0 Å². The molecule has 0 spiro atoms. The maximum absolute atomic E-state index is 10.4. The van der Waals surface area contributed by atoms with Gasteiger partial charge < -0.3 is 10.0 Å². The number of carboxylic acids is 1. The molecule has 0 unspecified atom stereocenters. The van der Waals surface area contributed by atoms with Crippen molar-refractivity contribution in [1.82, 2.24) is 14.7 Å². The first-order valence-electron chi connectivity index (χ1n) is 5.96. The summed E-state index contributed by atoms with van der Waals surface area (Å²) in [5, 5.41) is 13.0. The Bertz CT molecular complexity index is 374. The average molecular weight is 239 g/mol. The van der Waals surface area contributed by atoms with E-state index in [1.54, 1.807) is 0 Å². The van der Waals surface area contributed by atoms with Gasteiger partial charge >= 0.3 is 5.97 Å². The highest BCUT2D eigenvalue weighted by atomic mass is 16.4. The van der Waals surface area contributed by atoms with Crippen molar-refractivity contribution in [3.8, 4) is 0 Å². The van der Waals surface area contributed by atoms with Crippen molar-refractivity contribution in [1.29, 1.82) is 0 Å². The van der Waals surface area contributed by atoms with Crippen LogP contribution in [0.3, 0.4) is 0 Å². The summed E-state index contributed by atoms with van der Waals surface area (Å²) in [5.41, 5.74) is 2.21. The second-order valence-corrected chi connectivity index (χ2v) is 4.33. The number of carbonyl (C=O) groups is 1. The summed E-state index contributed by atoms with van der Waals surface area (Å²) in [6, 6.07) is 2.08. The lowest BCUT2D eigenvalue weighted by Gasteiger charge is -2.16. The second kappa shape index (κ2) is 6.39. The monoisotopic (exact) mass is 239 g/mol. The predicted octanol–water partition coefficient (Wildman–Crippen LogP) is 1.51. The molecule has 0 bridgehead atoms. The fourth-order valence-corrected chi connectivity index (χ4v) is 1.86. The molecule has 0 aliphatic heterocycles. The van der Waals surface area contributed by atoms with Crippen LogP contribution >= 0.6 is 0 Å². The molecule has 0 atom stereocenters. The maximum atomic E-state index is 10.4. The van der Waals surface area contributed by atoms with E-state index >= 15 is 0 Å². The molecular weight excluding hydrogens is 218 g/mol. The van der Waals surface area contributed by atoms with Gasteiger partial charge in [0.05, 0.1) is 11.4 Å². The van der Waals surface area contributed by atoms with Gasteiger partial charge in [0, 0.05) is 19.5 Å². The summed E-state index contributed by atoms with van der Waals surface area (Å²) >= 11 is 0. The minimum atomic E-state index is -0.729. The Kier molecular flexibility index (Phi) is 5.15. The quantitative estimate of drug-likeness (QED) is 0.783. The van der Waals surface area contributed by atoms with Gasteiger partial charge in [-0.05, 0) is 39.9 Å². The zero-order valence-electron chi connectivity index (χ0n) is 10.8. The number of hydrogen-bond acceptors (Lipinski definition) is 3. The molecular formula is C12H21N3O2. The lowest BCUT2D eigenvalue weighted by Crippen LogP contribution is -2.21. The van der Waals surface area contributed by atoms with Crippen LogP contribution in [0.1, 0.15) is 31.2 Å². The minimum Gasteiger partial charge on any atom is -0.481 e. The molecule has 96 valence electrons. The predicted molar refractivity (Wildman–Crippen MR) is 65.8 cm³/mol. The van der Waals surface area contributed by atoms with Crippen LogP contribution in [0.15, 0.2) is 6.07 Å². The summed E-state index contributed by atoms with van der Waals surface area (Å²) in [6.45, 7) is 6.53. The molecule has 5 heteroatoms. The van der Waals surface area contributed by atoms with E-state index in [1.807, 2.05) is 18.7 Å². The van der Waals surface area contributed by atoms with Gasteiger partial charge in [0.1, 0.15) is 0 Å². The molecule has 0 aromatic carbocycles. The summed E-state index contributed by atoms with van der Waals surface area (Å²) in [5.74, 6) is -0.729. The first-order chi connectivity index (χ1) is 8.02. The molecule has 0 saturated carbocycles. The van der Waals surface area contributed by atoms with Crippen LogP contribution in [0, 0.1) is 6.92 Å². The largest absolute Gasteiger partial charge is 0.481 e. The second-order valence-electron chi connectivity index (χ2n) is 4.33. The Balaban J connectivity index is 2.44. The van der Waals surface area contributed by atoms with Crippen LogP contribution in [-0.2, 0) is 17.9 Å². The highest BCUT2D eigenvalue weighted by Gasteiger charge is 2.07. The van der Waals surface area contributed by atoms with E-state index in [-0.39, 0.29) is 6.42 Å². The van der Waals surface area contributed by atoms with Crippen molar-refractivity contribution < 1.29 is 9.90 Å². The molecule has 0 amide bonds. The fourth-order valence-electron chi connectivity index (χ4n) is 1.86. The van der Waals surface area contributed by atoms with E-state index in [1.165, 1.54) is 5.69 Å². The van der Waals surface area contributed by atoms with Crippen molar-refractivity contribution in [3.63, 3.8) is 0 Å². The molecule has 17 heavy (non-hydrogen) atoms. The number of aliphatic carboxylic acids is 1. The zero-order valence-corrected chi connectivity index (χ0v) is 10.8. The van der Waals surface area contributed by atoms with Gasteiger partial charge in [-0.1, -0.05) is 0 Å². The molecule has 1 heterocycles. The molecule has 1 aromatic heterocycles. The molecule has 0 aliphatic rings. The van der Waals surface area contributed by atoms with E-state index in [4.69, 9.17) is 5.11 Å². The molecule has 0 saturated heterocycles. The van der Waals surface area contributed by atoms with Crippen molar-refractivity contribution in [2.24, 2.45) is 0 Å². The number of aromatic nitrogens is 2. The third-order valence-electron chi connectivity index (χ3n) is 2.65. The van der Waals surface area contributed by atoms with Crippen LogP contribution in [0.4, 0.5) is 0 Å². The number of nitrogens with zero attached hydrogens (tertiary/aromatic N) is 3. The Morgan fingerprint density at radius 3 is 2.88 bits per heavy atom. The lowest BCUT2D eigenvalue weighted by molar-refractivity contribution is -0.137. The van der Waals surface area contributed by atoms with E-state index in [2.05, 4.69) is 23.0 Å². The van der Waals surface area contributed by atoms with E-state index in [0.29, 0.717) is 6.42 Å². The van der Waals surface area contributed by atoms with Crippen LogP contribution in [0.2, 0.25) is 0 Å². The first kappa shape index (κ1) is 13.7. The molecule has 1 rings (SSSR count). The highest BCUT2D eigenvalue weighted by molar-refractivity contribution is 5.66. The van der Waals surface area contributed by atoms with Crippen molar-refractivity contribution >= 4 is 5.97 Å². The van der Waals surface area contributed by atoms with Crippen LogP contribution in [0.5, 0.6) is 0 Å². The molecule has 0 aliphatic carbocycles. The fraction of sp³-hybridized carbons (Fsp3) is 0.667. The van der Waals surface area contributed by atoms with Crippen molar-refractivity contribution in [2.45, 2.75) is 39.8 Å². The van der Waals surface area contributed by atoms with Gasteiger partial charge in [-0.2, -0.15) is 5.10 Å². The first-order valence-corrected chi connectivity index (χ1v) is 5.96. The van der Waals surface area contributed by atoms with Crippen molar-refractivity contribution in [3.05, 3.63) is 17.5 Å². The van der Waals surface area contributed by atoms with Crippen LogP contribution in [0.25, 0.3) is 0 Å².